The highest BCUT2D eigenvalue weighted by molar-refractivity contribution is 6.53. The Bertz CT molecular complexity index is 1560. The Morgan fingerprint density at radius 1 is 0.842 bits per heavy atom. The van der Waals surface area contributed by atoms with Crippen LogP contribution in [0.25, 0.3) is 10.9 Å². The highest BCUT2D eigenvalue weighted by atomic mass is 16.2. The Hall–Kier alpha value is -4.50. The molecule has 0 saturated heterocycles. The molecular formula is C32H32N4O2. The van der Waals surface area contributed by atoms with E-state index in [2.05, 4.69) is 58.1 Å². The molecule has 1 N–H and O–H groups in total. The lowest BCUT2D eigenvalue weighted by Gasteiger charge is -2.26. The lowest BCUT2D eigenvalue weighted by molar-refractivity contribution is 0.0965. The molecule has 0 aliphatic carbocycles. The predicted octanol–water partition coefficient (Wildman–Crippen LogP) is 7.10. The van der Waals surface area contributed by atoms with Crippen LogP contribution >= 0.6 is 0 Å². The molecule has 4 aromatic rings. The third-order valence-electron chi connectivity index (χ3n) is 6.48. The molecule has 1 heterocycles. The van der Waals surface area contributed by atoms with Crippen molar-refractivity contribution < 1.29 is 9.59 Å². The van der Waals surface area contributed by atoms with Crippen LogP contribution in [-0.4, -0.2) is 22.0 Å². The summed E-state index contributed by atoms with van der Waals surface area (Å²) in [7, 11) is 0. The van der Waals surface area contributed by atoms with Crippen LogP contribution in [0.5, 0.6) is 0 Å². The number of anilines is 1. The van der Waals surface area contributed by atoms with Crippen molar-refractivity contribution in [2.45, 2.75) is 52.4 Å². The van der Waals surface area contributed by atoms with Crippen LogP contribution in [0.2, 0.25) is 0 Å². The number of hydrogen-bond donors (Lipinski definition) is 1. The monoisotopic (exact) mass is 504 g/mol. The molecule has 0 unspecified atom stereocenters. The lowest BCUT2D eigenvalue weighted by atomic mass is 9.80. The second kappa shape index (κ2) is 10.1. The van der Waals surface area contributed by atoms with Gasteiger partial charge in [0.25, 0.3) is 5.91 Å². The molecule has 38 heavy (non-hydrogen) atoms. The van der Waals surface area contributed by atoms with Gasteiger partial charge in [0.15, 0.2) is 0 Å². The zero-order chi connectivity index (χ0) is 27.7. The Morgan fingerprint density at radius 3 is 2.00 bits per heavy atom. The minimum atomic E-state index is -0.557. The summed E-state index contributed by atoms with van der Waals surface area (Å²) in [4.78, 5) is 26.7. The van der Waals surface area contributed by atoms with Crippen LogP contribution in [0.4, 0.5) is 5.69 Å². The quantitative estimate of drug-likeness (QED) is 0.178. The van der Waals surface area contributed by atoms with Gasteiger partial charge < -0.3 is 0 Å². The number of hydrazone groups is 1. The number of Topliss-reactive ketones (excluding diaryl/α,β-unsaturated/α-hetero) is 1. The van der Waals surface area contributed by atoms with Crippen molar-refractivity contribution in [1.82, 2.24) is 4.57 Å². The maximum atomic E-state index is 13.5. The highest BCUT2D eigenvalue weighted by Gasteiger charge is 2.24. The van der Waals surface area contributed by atoms with E-state index < -0.39 is 5.78 Å². The first-order valence-electron chi connectivity index (χ1n) is 12.5. The van der Waals surface area contributed by atoms with Crippen LogP contribution in [0.15, 0.2) is 84.1 Å². The van der Waals surface area contributed by atoms with Gasteiger partial charge >= 0.3 is 0 Å². The van der Waals surface area contributed by atoms with Crippen molar-refractivity contribution in [3.05, 3.63) is 101 Å². The average Bonchev–Trinajstić information content (AvgIpc) is 3.27. The van der Waals surface area contributed by atoms with E-state index in [0.717, 1.165) is 11.1 Å². The fourth-order valence-electron chi connectivity index (χ4n) is 4.18. The third kappa shape index (κ3) is 5.42. The molecule has 0 bridgehead atoms. The number of hydrogen-bond acceptors (Lipinski definition) is 5. The van der Waals surface area contributed by atoms with Crippen molar-refractivity contribution >= 4 is 34.0 Å². The van der Waals surface area contributed by atoms with E-state index >= 15 is 0 Å². The first-order chi connectivity index (χ1) is 17.9. The maximum Gasteiger partial charge on any atom is 0.262 e. The Kier molecular flexibility index (Phi) is 7.06. The van der Waals surface area contributed by atoms with Gasteiger partial charge in [-0.25, -0.2) is 0 Å². The molecule has 0 saturated carbocycles. The molecular weight excluding hydrogens is 472 g/mol. The zero-order valence-electron chi connectivity index (χ0n) is 22.7. The topological polar surface area (TPSA) is 87.2 Å². The summed E-state index contributed by atoms with van der Waals surface area (Å²) in [6.45, 7) is 12.8. The summed E-state index contributed by atoms with van der Waals surface area (Å²) in [5.41, 5.74) is 6.73. The molecule has 192 valence electrons. The smallest absolute Gasteiger partial charge is 0.262 e. The summed E-state index contributed by atoms with van der Waals surface area (Å²) in [6, 6.07) is 24.1. The molecule has 0 aliphatic rings. The molecule has 0 aliphatic heterocycles. The van der Waals surface area contributed by atoms with E-state index in [4.69, 9.17) is 0 Å². The highest BCUT2D eigenvalue weighted by Crippen LogP contribution is 2.32. The van der Waals surface area contributed by atoms with E-state index in [0.29, 0.717) is 22.2 Å². The predicted molar refractivity (Wildman–Crippen MR) is 153 cm³/mol. The van der Waals surface area contributed by atoms with Crippen molar-refractivity contribution in [2.75, 3.05) is 5.43 Å². The van der Waals surface area contributed by atoms with Crippen LogP contribution < -0.4 is 5.43 Å². The van der Waals surface area contributed by atoms with E-state index in [9.17, 15) is 14.9 Å². The molecule has 0 atom stereocenters. The molecule has 0 fully saturated rings. The number of ketones is 1. The fourth-order valence-corrected chi connectivity index (χ4v) is 4.18. The van der Waals surface area contributed by atoms with E-state index in [1.165, 1.54) is 10.8 Å². The van der Waals surface area contributed by atoms with Gasteiger partial charge in [-0.1, -0.05) is 84.0 Å². The number of fused-ring (bicyclic) bond motifs is 1. The van der Waals surface area contributed by atoms with Gasteiger partial charge in [-0.2, -0.15) is 10.4 Å². The number of nitrogens with zero attached hydrogens (tertiary/aromatic N) is 3. The summed E-state index contributed by atoms with van der Waals surface area (Å²) in [5, 5.41) is 14.6. The van der Waals surface area contributed by atoms with E-state index in [1.54, 1.807) is 48.5 Å². The molecule has 4 rings (SSSR count). The van der Waals surface area contributed by atoms with Gasteiger partial charge in [0, 0.05) is 17.1 Å². The SMILES string of the molecule is CC(C)(C)c1cc(N/N=C(\C#N)C(=O)c2cn(C(=O)c3ccccc3)c3ccccc23)cc(C(C)(C)C)c1. The second-order valence-corrected chi connectivity index (χ2v) is 11.4. The summed E-state index contributed by atoms with van der Waals surface area (Å²) in [5.74, 6) is -0.818. The first kappa shape index (κ1) is 26.6. The molecule has 6 heteroatoms. The fraction of sp³-hybridized carbons (Fsp3) is 0.250. The number of nitrogens with one attached hydrogen (secondary N) is 1. The Labute approximate surface area is 223 Å². The van der Waals surface area contributed by atoms with Gasteiger partial charge in [0.1, 0.15) is 6.07 Å². The molecule has 0 amide bonds. The Balaban J connectivity index is 1.73. The van der Waals surface area contributed by atoms with Crippen molar-refractivity contribution in [3.63, 3.8) is 0 Å². The second-order valence-electron chi connectivity index (χ2n) is 11.4. The normalized spacial score (nSPS) is 12.3. The van der Waals surface area contributed by atoms with Gasteiger partial charge in [0.2, 0.25) is 11.5 Å². The van der Waals surface area contributed by atoms with Crippen LogP contribution in [0.1, 0.15) is 73.4 Å². The number of para-hydroxylation sites is 1. The largest absolute Gasteiger partial charge is 0.286 e. The number of carbonyl (C=O) groups is 2. The molecule has 1 aromatic heterocycles. The number of carbonyl (C=O) groups excluding carboxylic acids is 2. The van der Waals surface area contributed by atoms with Crippen molar-refractivity contribution in [3.8, 4) is 6.07 Å². The number of rotatable bonds is 5. The maximum absolute atomic E-state index is 13.5. The minimum Gasteiger partial charge on any atom is -0.286 e. The molecule has 6 nitrogen and oxygen atoms in total. The first-order valence-corrected chi connectivity index (χ1v) is 12.5. The summed E-state index contributed by atoms with van der Waals surface area (Å²) < 4.78 is 1.45. The van der Waals surface area contributed by atoms with Gasteiger partial charge in [-0.3, -0.25) is 19.6 Å². The lowest BCUT2D eigenvalue weighted by Crippen LogP contribution is -2.17. The van der Waals surface area contributed by atoms with Crippen LogP contribution in [0.3, 0.4) is 0 Å². The van der Waals surface area contributed by atoms with E-state index in [-0.39, 0.29) is 28.0 Å². The number of nitriles is 1. The van der Waals surface area contributed by atoms with Crippen molar-refractivity contribution in [2.24, 2.45) is 5.10 Å². The number of aromatic nitrogens is 1. The number of benzene rings is 3. The van der Waals surface area contributed by atoms with Gasteiger partial charge in [-0.05, 0) is 52.3 Å². The summed E-state index contributed by atoms with van der Waals surface area (Å²) in [6.07, 6.45) is 1.49. The average molecular weight is 505 g/mol. The van der Waals surface area contributed by atoms with Gasteiger partial charge in [0.05, 0.1) is 16.8 Å². The molecule has 3 aromatic carbocycles. The molecule has 0 spiro atoms. The Morgan fingerprint density at radius 2 is 1.42 bits per heavy atom. The van der Waals surface area contributed by atoms with Crippen molar-refractivity contribution in [1.29, 1.82) is 5.26 Å². The van der Waals surface area contributed by atoms with Crippen LogP contribution in [0, 0.1) is 11.3 Å². The standard InChI is InChI=1S/C32H32N4O2/c1-31(2,3)22-16-23(32(4,5)6)18-24(17-22)34-35-27(19-33)29(37)26-20-36(28-15-11-10-14-25(26)28)30(38)21-12-8-7-9-13-21/h7-18,20,34H,1-6H3/b35-27+. The minimum absolute atomic E-state index is 0.0948. The van der Waals surface area contributed by atoms with E-state index in [1.807, 2.05) is 24.3 Å². The zero-order valence-corrected chi connectivity index (χ0v) is 22.7. The summed E-state index contributed by atoms with van der Waals surface area (Å²) >= 11 is 0. The third-order valence-corrected chi connectivity index (χ3v) is 6.48. The molecule has 0 radical (unpaired) electrons. The van der Waals surface area contributed by atoms with Crippen LogP contribution in [-0.2, 0) is 10.8 Å². The van der Waals surface area contributed by atoms with Gasteiger partial charge in [-0.15, -0.1) is 0 Å².